The van der Waals surface area contributed by atoms with Gasteiger partial charge in [-0.2, -0.15) is 0 Å². The highest BCUT2D eigenvalue weighted by Gasteiger charge is 2.13. The van der Waals surface area contributed by atoms with Crippen molar-refractivity contribution in [2.24, 2.45) is 4.99 Å². The van der Waals surface area contributed by atoms with Gasteiger partial charge in [-0.25, -0.2) is 0 Å². The summed E-state index contributed by atoms with van der Waals surface area (Å²) < 4.78 is 0. The number of nitrogens with zero attached hydrogens (tertiary/aromatic N) is 1. The lowest BCUT2D eigenvalue weighted by Gasteiger charge is -2.20. The van der Waals surface area contributed by atoms with Crippen molar-refractivity contribution in [3.8, 4) is 0 Å². The molecule has 1 rings (SSSR count). The lowest BCUT2D eigenvalue weighted by molar-refractivity contribution is 0.182. The Morgan fingerprint density at radius 2 is 2.58 bits per heavy atom. The van der Waals surface area contributed by atoms with E-state index in [0.29, 0.717) is 18.3 Å². The highest BCUT2D eigenvalue weighted by Crippen LogP contribution is 2.15. The number of amidine groups is 1. The minimum atomic E-state index is -0.300. The van der Waals surface area contributed by atoms with Gasteiger partial charge in [0.1, 0.15) is 0 Å². The Morgan fingerprint density at radius 3 is 3.08 bits per heavy atom. The fraction of sp³-hybridized carbons (Fsp3) is 0.875. The normalized spacial score (nSPS) is 25.9. The number of aliphatic hydroxyl groups excluding tert-OH is 1. The van der Waals surface area contributed by atoms with Crippen molar-refractivity contribution in [2.45, 2.75) is 31.6 Å². The summed E-state index contributed by atoms with van der Waals surface area (Å²) in [5.41, 5.74) is 0. The van der Waals surface area contributed by atoms with Crippen molar-refractivity contribution in [1.82, 2.24) is 5.32 Å². The number of rotatable bonds is 2. The summed E-state index contributed by atoms with van der Waals surface area (Å²) in [4.78, 5) is 4.22. The number of hydrogen-bond donors (Lipinski definition) is 2. The lowest BCUT2D eigenvalue weighted by atomic mass is 10.3. The van der Waals surface area contributed by atoms with E-state index in [9.17, 15) is 0 Å². The maximum absolute atomic E-state index is 9.14. The van der Waals surface area contributed by atoms with E-state index in [2.05, 4.69) is 24.2 Å². The summed E-state index contributed by atoms with van der Waals surface area (Å²) >= 11 is 1.75. The predicted molar refractivity (Wildman–Crippen MR) is 53.7 cm³/mol. The fourth-order valence-electron chi connectivity index (χ4n) is 0.867. The van der Waals surface area contributed by atoms with Gasteiger partial charge in [-0.15, -0.1) is 0 Å². The first-order valence-electron chi connectivity index (χ1n) is 4.35. The van der Waals surface area contributed by atoms with Crippen molar-refractivity contribution in [1.29, 1.82) is 0 Å². The first-order chi connectivity index (χ1) is 5.72. The number of nitrogens with one attached hydrogen (secondary N) is 1. The molecule has 2 N–H and O–H groups in total. The van der Waals surface area contributed by atoms with Gasteiger partial charge >= 0.3 is 0 Å². The summed E-state index contributed by atoms with van der Waals surface area (Å²) in [6.07, 6.45) is 0.847. The van der Waals surface area contributed by atoms with Crippen LogP contribution in [0.4, 0.5) is 0 Å². The lowest BCUT2D eigenvalue weighted by Crippen LogP contribution is -2.37. The van der Waals surface area contributed by atoms with Crippen LogP contribution < -0.4 is 5.32 Å². The van der Waals surface area contributed by atoms with E-state index in [-0.39, 0.29) is 6.10 Å². The van der Waals surface area contributed by atoms with Gasteiger partial charge in [-0.3, -0.25) is 4.99 Å². The molecule has 3 nitrogen and oxygen atoms in total. The molecule has 1 aliphatic heterocycles. The Hall–Kier alpha value is -0.220. The quantitative estimate of drug-likeness (QED) is 0.675. The summed E-state index contributed by atoms with van der Waals surface area (Å²) in [5, 5.41) is 13.8. The Morgan fingerprint density at radius 1 is 1.83 bits per heavy atom. The maximum atomic E-state index is 9.14. The topological polar surface area (TPSA) is 44.6 Å². The first-order valence-corrected chi connectivity index (χ1v) is 5.23. The average Bonchev–Trinajstić information content (AvgIpc) is 2.09. The zero-order chi connectivity index (χ0) is 8.97. The molecule has 0 fully saturated rings. The second-order valence-electron chi connectivity index (χ2n) is 3.02. The molecular weight excluding hydrogens is 172 g/mol. The molecule has 2 atom stereocenters. The molecule has 0 aromatic rings. The third-order valence-electron chi connectivity index (χ3n) is 1.82. The van der Waals surface area contributed by atoms with Crippen LogP contribution in [0.3, 0.4) is 0 Å². The van der Waals surface area contributed by atoms with Gasteiger partial charge in [0.15, 0.2) is 5.17 Å². The van der Waals surface area contributed by atoms with Crippen molar-refractivity contribution < 1.29 is 5.11 Å². The summed E-state index contributed by atoms with van der Waals surface area (Å²) in [7, 11) is 0. The minimum Gasteiger partial charge on any atom is -0.389 e. The van der Waals surface area contributed by atoms with Crippen molar-refractivity contribution in [3.05, 3.63) is 0 Å². The van der Waals surface area contributed by atoms with Crippen LogP contribution in [-0.2, 0) is 0 Å². The van der Waals surface area contributed by atoms with Crippen LogP contribution in [0.1, 0.15) is 20.3 Å². The van der Waals surface area contributed by atoms with E-state index in [4.69, 9.17) is 5.11 Å². The molecule has 0 aromatic carbocycles. The van der Waals surface area contributed by atoms with E-state index < -0.39 is 0 Å². The Balaban J connectivity index is 2.33. The second-order valence-corrected chi connectivity index (χ2v) is 4.44. The Labute approximate surface area is 77.7 Å². The summed E-state index contributed by atoms with van der Waals surface area (Å²) in [6, 6.07) is 0. The van der Waals surface area contributed by atoms with Gasteiger partial charge in [0.25, 0.3) is 0 Å². The number of aliphatic imine (C=N–C) groups is 1. The molecule has 1 aliphatic rings. The standard InChI is InChI=1S/C8H16N2OS/c1-3-6(2)12-8-9-4-7(11)5-10-8/h6-7,11H,3-5H2,1-2H3,(H,9,10). The molecule has 0 bridgehead atoms. The molecule has 70 valence electrons. The molecule has 2 unspecified atom stereocenters. The monoisotopic (exact) mass is 188 g/mol. The van der Waals surface area contributed by atoms with Crippen molar-refractivity contribution in [3.63, 3.8) is 0 Å². The number of thioether (sulfide) groups is 1. The van der Waals surface area contributed by atoms with E-state index >= 15 is 0 Å². The summed E-state index contributed by atoms with van der Waals surface area (Å²) in [5.74, 6) is 0. The SMILES string of the molecule is CCC(C)SC1=NCC(O)CN1. The fourth-order valence-corrected chi connectivity index (χ4v) is 1.73. The molecular formula is C8H16N2OS. The van der Waals surface area contributed by atoms with Crippen molar-refractivity contribution >= 4 is 16.9 Å². The Bertz CT molecular complexity index is 172. The van der Waals surface area contributed by atoms with Gasteiger partial charge < -0.3 is 10.4 Å². The van der Waals surface area contributed by atoms with Crippen LogP contribution in [-0.4, -0.2) is 34.7 Å². The van der Waals surface area contributed by atoms with Crippen LogP contribution >= 0.6 is 11.8 Å². The van der Waals surface area contributed by atoms with Crippen LogP contribution in [0.5, 0.6) is 0 Å². The third kappa shape index (κ3) is 3.03. The smallest absolute Gasteiger partial charge is 0.156 e. The Kier molecular flexibility index (Phi) is 3.88. The van der Waals surface area contributed by atoms with Crippen LogP contribution in [0.25, 0.3) is 0 Å². The molecule has 0 saturated heterocycles. The zero-order valence-corrected chi connectivity index (χ0v) is 8.40. The van der Waals surface area contributed by atoms with Gasteiger partial charge in [-0.1, -0.05) is 25.6 Å². The van der Waals surface area contributed by atoms with Gasteiger partial charge in [0.05, 0.1) is 12.6 Å². The largest absolute Gasteiger partial charge is 0.389 e. The van der Waals surface area contributed by atoms with Crippen molar-refractivity contribution in [2.75, 3.05) is 13.1 Å². The molecule has 0 radical (unpaired) electrons. The van der Waals surface area contributed by atoms with Crippen LogP contribution in [0, 0.1) is 0 Å². The molecule has 0 saturated carbocycles. The molecule has 0 aromatic heterocycles. The van der Waals surface area contributed by atoms with Crippen LogP contribution in [0.15, 0.2) is 4.99 Å². The van der Waals surface area contributed by atoms with Gasteiger partial charge in [0.2, 0.25) is 0 Å². The predicted octanol–water partition coefficient (Wildman–Crippen LogP) is 0.838. The number of aliphatic hydroxyl groups is 1. The van der Waals surface area contributed by atoms with Crippen LogP contribution in [0.2, 0.25) is 0 Å². The number of hydrogen-bond acceptors (Lipinski definition) is 4. The van der Waals surface area contributed by atoms with E-state index in [0.717, 1.165) is 11.6 Å². The number of β-amino-alcohol motifs (C(OH)–C–C–N with tert-alkyl or cyclic N) is 1. The minimum absolute atomic E-state index is 0.300. The van der Waals surface area contributed by atoms with E-state index in [1.54, 1.807) is 11.8 Å². The first kappa shape index (κ1) is 9.86. The molecule has 0 aliphatic carbocycles. The summed E-state index contributed by atoms with van der Waals surface area (Å²) in [6.45, 7) is 5.53. The van der Waals surface area contributed by atoms with E-state index in [1.165, 1.54) is 0 Å². The molecule has 4 heteroatoms. The highest BCUT2D eigenvalue weighted by molar-refractivity contribution is 8.14. The third-order valence-corrected chi connectivity index (χ3v) is 3.05. The molecule has 0 spiro atoms. The molecule has 1 heterocycles. The molecule has 0 amide bonds. The second kappa shape index (κ2) is 4.72. The zero-order valence-electron chi connectivity index (χ0n) is 7.58. The average molecular weight is 188 g/mol. The highest BCUT2D eigenvalue weighted by atomic mass is 32.2. The van der Waals surface area contributed by atoms with E-state index in [1.807, 2.05) is 0 Å². The van der Waals surface area contributed by atoms with Gasteiger partial charge in [0, 0.05) is 11.8 Å². The van der Waals surface area contributed by atoms with Gasteiger partial charge in [-0.05, 0) is 6.42 Å². The molecule has 12 heavy (non-hydrogen) atoms. The maximum Gasteiger partial charge on any atom is 0.156 e.